The Balaban J connectivity index is 0.000000567. The molecule has 350 valence electrons. The first-order valence-corrected chi connectivity index (χ1v) is 28.8. The molecule has 0 amide bonds. The second-order valence-corrected chi connectivity index (χ2v) is 20.7. The van der Waals surface area contributed by atoms with Crippen molar-refractivity contribution in [1.29, 1.82) is 0 Å². The second-order valence-electron chi connectivity index (χ2n) is 18.3. The number of hydrogen-bond donors (Lipinski definition) is 0. The minimum absolute atomic E-state index is 1.03. The molecule has 0 spiro atoms. The third-order valence-corrected chi connectivity index (χ3v) is 14.8. The zero-order chi connectivity index (χ0) is 44.0. The topological polar surface area (TPSA) is 25.3 Å². The number of hydrogen-bond acceptors (Lipinski definition) is 0. The summed E-state index contributed by atoms with van der Waals surface area (Å²) in [6.07, 6.45) is 45.1. The molecule has 0 saturated carbocycles. The molecule has 0 saturated heterocycles. The summed E-state index contributed by atoms with van der Waals surface area (Å²) >= 11 is 1.07. The summed E-state index contributed by atoms with van der Waals surface area (Å²) in [4.78, 5) is 3.08. The van der Waals surface area contributed by atoms with Crippen molar-refractivity contribution in [1.82, 2.24) is 0 Å². The van der Waals surface area contributed by atoms with Crippen LogP contribution in [-0.4, -0.2) is 4.70 Å². The van der Waals surface area contributed by atoms with E-state index in [9.17, 15) is 5.53 Å². The van der Waals surface area contributed by atoms with E-state index in [4.69, 9.17) is 0 Å². The van der Waals surface area contributed by atoms with Gasteiger partial charge < -0.3 is 5.53 Å². The summed E-state index contributed by atoms with van der Waals surface area (Å²) in [6.45, 7) is 13.7. The predicted octanol–water partition coefficient (Wildman–Crippen LogP) is 20.4. The number of allylic oxidation sites excluding steroid dienone is 2. The van der Waals surface area contributed by atoms with Crippen molar-refractivity contribution in [2.24, 2.45) is 0 Å². The predicted molar refractivity (Wildman–Crippen MR) is 269 cm³/mol. The summed E-state index contributed by atoms with van der Waals surface area (Å²) in [5, 5.41) is 0. The van der Waals surface area contributed by atoms with E-state index in [1.54, 1.807) is 4.70 Å². The Hall–Kier alpha value is -1.82. The fourth-order valence-corrected chi connectivity index (χ4v) is 10.8. The van der Waals surface area contributed by atoms with Gasteiger partial charge in [-0.15, -0.1) is 0 Å². The summed E-state index contributed by atoms with van der Waals surface area (Å²) in [7, 11) is 0. The summed E-state index contributed by atoms with van der Waals surface area (Å²) in [5.74, 6) is 0. The van der Waals surface area contributed by atoms with Crippen molar-refractivity contribution in [2.45, 2.75) is 270 Å². The first-order chi connectivity index (χ1) is 30.1. The fraction of sp³-hybridized carbons (Fsp3) is 0.724. The van der Waals surface area contributed by atoms with Crippen LogP contribution in [0.15, 0.2) is 59.7 Å². The van der Waals surface area contributed by atoms with Crippen molar-refractivity contribution < 1.29 is 22.7 Å². The molecule has 2 aromatic carbocycles. The Morgan fingerprint density at radius 2 is 0.656 bits per heavy atom. The van der Waals surface area contributed by atoms with Gasteiger partial charge in [-0.05, 0) is 86.8 Å². The van der Waals surface area contributed by atoms with Gasteiger partial charge in [-0.1, -0.05) is 129 Å². The van der Waals surface area contributed by atoms with Gasteiger partial charge in [0.2, 0.25) is 11.4 Å². The van der Waals surface area contributed by atoms with E-state index in [1.807, 2.05) is 0 Å². The van der Waals surface area contributed by atoms with Crippen LogP contribution in [0, 0.1) is 0 Å². The molecule has 0 bridgehead atoms. The Labute approximate surface area is 389 Å². The molecular formula is C58H98N2Pd. The molecule has 1 heterocycles. The molecule has 2 nitrogen and oxygen atoms in total. The van der Waals surface area contributed by atoms with Gasteiger partial charge in [-0.2, -0.15) is 0 Å². The largest absolute Gasteiger partial charge is 0.493 e. The van der Waals surface area contributed by atoms with Crippen LogP contribution in [-0.2, 0) is 30.8 Å². The van der Waals surface area contributed by atoms with Gasteiger partial charge >= 0.3 is 132 Å². The first kappa shape index (κ1) is 55.3. The molecule has 1 aliphatic rings. The molecule has 0 aliphatic carbocycles. The maximum absolute atomic E-state index is 12.1. The molecular weight excluding hydrogens is 831 g/mol. The second kappa shape index (κ2) is 38.6. The van der Waals surface area contributed by atoms with E-state index in [-0.39, 0.29) is 0 Å². The molecule has 0 fully saturated rings. The molecule has 3 heteroatoms. The standard InChI is InChI=1S/C40H60N2.2C9H19.Pd/c1-5-9-13-15-16-19-24-34-26-22-28-36(32-34)39-37(29-18-12-8-4)38(30-20-14-10-6-2)40(42(39)41)35-27-21-25-33(31-35)23-17-11-7-3;2*1-3-5-7-9-8-6-4-2;/h21-22,25-28,31-32H,5-20,23-24,29-30H2,1-4H3;2*1,3-9H2,2H3;. The van der Waals surface area contributed by atoms with E-state index in [2.05, 4.69) is 90.1 Å². The minimum atomic E-state index is 1.03. The summed E-state index contributed by atoms with van der Waals surface area (Å²) < 4.78 is 1.59. The van der Waals surface area contributed by atoms with Crippen molar-refractivity contribution >= 4 is 11.4 Å². The Kier molecular flexibility index (Phi) is 35.0. The maximum Gasteiger partial charge on any atom is 0.211 e. The molecule has 0 unspecified atom stereocenters. The van der Waals surface area contributed by atoms with Crippen LogP contribution in [0.2, 0.25) is 9.79 Å². The Morgan fingerprint density at radius 3 is 1.07 bits per heavy atom. The minimum Gasteiger partial charge on any atom is -0.493 e. The normalized spacial score (nSPS) is 12.9. The van der Waals surface area contributed by atoms with Crippen LogP contribution >= 0.6 is 0 Å². The quantitative estimate of drug-likeness (QED) is 0.0364. The molecule has 1 aliphatic heterocycles. The van der Waals surface area contributed by atoms with Crippen LogP contribution in [0.3, 0.4) is 0 Å². The van der Waals surface area contributed by atoms with Crippen LogP contribution in [0.4, 0.5) is 0 Å². The van der Waals surface area contributed by atoms with Crippen molar-refractivity contribution in [2.75, 3.05) is 0 Å². The van der Waals surface area contributed by atoms with Gasteiger partial charge in [0.15, 0.2) is 0 Å². The number of benzene rings is 2. The third-order valence-electron chi connectivity index (χ3n) is 12.6. The van der Waals surface area contributed by atoms with Crippen molar-refractivity contribution in [3.63, 3.8) is 0 Å². The fourth-order valence-electron chi connectivity index (χ4n) is 8.81. The summed E-state index contributed by atoms with van der Waals surface area (Å²) in [6, 6.07) is 18.1. The van der Waals surface area contributed by atoms with Gasteiger partial charge in [0, 0.05) is 22.3 Å². The molecule has 0 aromatic heterocycles. The van der Waals surface area contributed by atoms with E-state index in [1.165, 1.54) is 236 Å². The van der Waals surface area contributed by atoms with Gasteiger partial charge in [0.05, 0.1) is 0 Å². The van der Waals surface area contributed by atoms with Crippen LogP contribution < -0.4 is 0 Å². The number of nitrogens with zero attached hydrogens (tertiary/aromatic N) is 2. The van der Waals surface area contributed by atoms with E-state index < -0.39 is 0 Å². The maximum atomic E-state index is 12.1. The SMILES string of the molecule is CCCCCCCC[CH2][Pd][CH2]CCCCCCCC.CCCCCCCCc1cccc(C2=C(CCCCC)C(CCCCCC)=C(c3cccc(CCCCC)c3)[N+]2=[N-])c1. The van der Waals surface area contributed by atoms with E-state index in [0.29, 0.717) is 0 Å². The van der Waals surface area contributed by atoms with Gasteiger partial charge in [0.25, 0.3) is 0 Å². The van der Waals surface area contributed by atoms with Crippen LogP contribution in [0.1, 0.15) is 269 Å². The summed E-state index contributed by atoms with van der Waals surface area (Å²) in [5.41, 5.74) is 22.0. The zero-order valence-electron chi connectivity index (χ0n) is 41.3. The van der Waals surface area contributed by atoms with Gasteiger partial charge in [-0.25, -0.2) is 4.70 Å². The molecule has 3 rings (SSSR count). The van der Waals surface area contributed by atoms with Crippen LogP contribution in [0.5, 0.6) is 0 Å². The molecule has 61 heavy (non-hydrogen) atoms. The van der Waals surface area contributed by atoms with Crippen LogP contribution in [0.25, 0.3) is 16.9 Å². The zero-order valence-corrected chi connectivity index (χ0v) is 42.8. The third kappa shape index (κ3) is 24.7. The average molecular weight is 930 g/mol. The van der Waals surface area contributed by atoms with Gasteiger partial charge in [-0.3, -0.25) is 0 Å². The van der Waals surface area contributed by atoms with Gasteiger partial charge in [0.1, 0.15) is 0 Å². The number of rotatable bonds is 38. The monoisotopic (exact) mass is 929 g/mol. The first-order valence-electron chi connectivity index (χ1n) is 26.6. The van der Waals surface area contributed by atoms with Crippen molar-refractivity contribution in [3.8, 4) is 0 Å². The smallest absolute Gasteiger partial charge is 0.211 e. The molecule has 0 radical (unpaired) electrons. The molecule has 0 N–H and O–H groups in total. The van der Waals surface area contributed by atoms with E-state index in [0.717, 1.165) is 55.1 Å². The van der Waals surface area contributed by atoms with E-state index >= 15 is 0 Å². The van der Waals surface area contributed by atoms with Crippen molar-refractivity contribution in [3.05, 3.63) is 87.5 Å². The Bertz CT molecular complexity index is 1420. The average Bonchev–Trinajstić information content (AvgIpc) is 3.55. The number of unbranched alkanes of at least 4 members (excludes halogenated alkanes) is 24. The molecule has 0 atom stereocenters. The number of aryl methyl sites for hydroxylation is 2. The Morgan fingerprint density at radius 1 is 0.361 bits per heavy atom. The molecule has 2 aromatic rings.